The Morgan fingerprint density at radius 1 is 1.19 bits per heavy atom. The maximum Gasteiger partial charge on any atom is 0.165 e. The molecule has 2 rings (SSSR count). The lowest BCUT2D eigenvalue weighted by molar-refractivity contribution is 0.386. The van der Waals surface area contributed by atoms with Crippen LogP contribution in [-0.4, -0.2) is 14.2 Å². The molecule has 2 nitrogen and oxygen atoms in total. The van der Waals surface area contributed by atoms with Gasteiger partial charge in [-0.3, -0.25) is 0 Å². The first-order chi connectivity index (χ1) is 10.2. The Bertz CT molecular complexity index is 598. The maximum absolute atomic E-state index is 13.8. The summed E-state index contributed by atoms with van der Waals surface area (Å²) in [5.74, 6) is -0.0256. The van der Waals surface area contributed by atoms with Crippen LogP contribution in [0.2, 0.25) is 0 Å². The average Bonchev–Trinajstić information content (AvgIpc) is 2.52. The van der Waals surface area contributed by atoms with E-state index in [1.165, 1.54) is 18.2 Å². The molecule has 0 spiro atoms. The number of benzene rings is 2. The number of aryl methyl sites for hydroxylation is 1. The fourth-order valence-electron chi connectivity index (χ4n) is 2.64. The largest absolute Gasteiger partial charge is 0.494 e. The lowest BCUT2D eigenvalue weighted by Gasteiger charge is -2.20. The van der Waals surface area contributed by atoms with Gasteiger partial charge in [-0.05, 0) is 48.7 Å². The Morgan fingerprint density at radius 3 is 2.57 bits per heavy atom. The van der Waals surface area contributed by atoms with Gasteiger partial charge in [-0.1, -0.05) is 37.3 Å². The second-order valence-corrected chi connectivity index (χ2v) is 5.07. The van der Waals surface area contributed by atoms with E-state index in [0.29, 0.717) is 0 Å². The summed E-state index contributed by atoms with van der Waals surface area (Å²) >= 11 is 0. The third-order valence-electron chi connectivity index (χ3n) is 3.82. The molecule has 2 aromatic rings. The molecule has 1 N–H and O–H groups in total. The normalized spacial score (nSPS) is 12.2. The van der Waals surface area contributed by atoms with Crippen molar-refractivity contribution in [3.8, 4) is 5.75 Å². The number of hydrogen-bond acceptors (Lipinski definition) is 2. The lowest BCUT2D eigenvalue weighted by Crippen LogP contribution is -2.20. The van der Waals surface area contributed by atoms with Gasteiger partial charge in [0, 0.05) is 6.04 Å². The highest BCUT2D eigenvalue weighted by atomic mass is 19.1. The lowest BCUT2D eigenvalue weighted by atomic mass is 9.94. The minimum absolute atomic E-state index is 0.175. The number of hydrogen-bond donors (Lipinski definition) is 1. The molecule has 2 aromatic carbocycles. The SMILES string of the molecule is CCc1ccccc1C(Cc1ccc(OC)c(F)c1)NC. The van der Waals surface area contributed by atoms with Gasteiger partial charge in [0.1, 0.15) is 0 Å². The third kappa shape index (κ3) is 3.61. The number of halogens is 1. The minimum atomic E-state index is -0.311. The van der Waals surface area contributed by atoms with Crippen molar-refractivity contribution in [2.45, 2.75) is 25.8 Å². The van der Waals surface area contributed by atoms with E-state index in [1.807, 2.05) is 19.2 Å². The summed E-state index contributed by atoms with van der Waals surface area (Å²) in [4.78, 5) is 0. The van der Waals surface area contributed by atoms with E-state index in [2.05, 4.69) is 30.4 Å². The molecule has 112 valence electrons. The van der Waals surface area contributed by atoms with E-state index in [1.54, 1.807) is 12.1 Å². The van der Waals surface area contributed by atoms with Crippen LogP contribution in [0, 0.1) is 5.82 Å². The standard InChI is InChI=1S/C18H22FNO/c1-4-14-7-5-6-8-15(14)17(20-2)12-13-9-10-18(21-3)16(19)11-13/h5-11,17,20H,4,12H2,1-3H3. The van der Waals surface area contributed by atoms with Crippen LogP contribution in [0.15, 0.2) is 42.5 Å². The van der Waals surface area contributed by atoms with Gasteiger partial charge in [-0.2, -0.15) is 0 Å². The molecule has 0 amide bonds. The van der Waals surface area contributed by atoms with Crippen LogP contribution in [0.3, 0.4) is 0 Å². The Kier molecular flexibility index (Phi) is 5.34. The highest BCUT2D eigenvalue weighted by Crippen LogP contribution is 2.25. The zero-order chi connectivity index (χ0) is 15.2. The van der Waals surface area contributed by atoms with Crippen molar-refractivity contribution in [3.05, 3.63) is 65.0 Å². The molecule has 0 aliphatic carbocycles. The van der Waals surface area contributed by atoms with Crippen molar-refractivity contribution in [2.24, 2.45) is 0 Å². The van der Waals surface area contributed by atoms with Crippen LogP contribution >= 0.6 is 0 Å². The van der Waals surface area contributed by atoms with Crippen molar-refractivity contribution >= 4 is 0 Å². The van der Waals surface area contributed by atoms with Crippen molar-refractivity contribution in [3.63, 3.8) is 0 Å². The van der Waals surface area contributed by atoms with Gasteiger partial charge < -0.3 is 10.1 Å². The second-order valence-electron chi connectivity index (χ2n) is 5.07. The quantitative estimate of drug-likeness (QED) is 0.870. The zero-order valence-electron chi connectivity index (χ0n) is 12.8. The van der Waals surface area contributed by atoms with Gasteiger partial charge in [-0.25, -0.2) is 4.39 Å². The summed E-state index contributed by atoms with van der Waals surface area (Å²) in [6.07, 6.45) is 1.74. The predicted molar refractivity (Wildman–Crippen MR) is 84.3 cm³/mol. The van der Waals surface area contributed by atoms with Crippen molar-refractivity contribution in [1.29, 1.82) is 0 Å². The van der Waals surface area contributed by atoms with E-state index in [4.69, 9.17) is 4.74 Å². The summed E-state index contributed by atoms with van der Waals surface area (Å²) < 4.78 is 18.8. The number of rotatable bonds is 6. The molecule has 0 bridgehead atoms. The van der Waals surface area contributed by atoms with Gasteiger partial charge in [0.15, 0.2) is 11.6 Å². The highest BCUT2D eigenvalue weighted by molar-refractivity contribution is 5.34. The summed E-state index contributed by atoms with van der Waals surface area (Å²) in [7, 11) is 3.42. The fourth-order valence-corrected chi connectivity index (χ4v) is 2.64. The third-order valence-corrected chi connectivity index (χ3v) is 3.82. The van der Waals surface area contributed by atoms with Crippen LogP contribution < -0.4 is 10.1 Å². The summed E-state index contributed by atoms with van der Waals surface area (Å²) in [5, 5.41) is 3.34. The Labute approximate surface area is 126 Å². The van der Waals surface area contributed by atoms with Crippen LogP contribution in [-0.2, 0) is 12.8 Å². The number of likely N-dealkylation sites (N-methyl/N-ethyl adjacent to an activating group) is 1. The second kappa shape index (κ2) is 7.23. The molecule has 1 atom stereocenters. The topological polar surface area (TPSA) is 21.3 Å². The molecule has 0 aliphatic heterocycles. The first-order valence-corrected chi connectivity index (χ1v) is 7.27. The number of ether oxygens (including phenoxy) is 1. The molecule has 1 unspecified atom stereocenters. The van der Waals surface area contributed by atoms with Crippen LogP contribution in [0.5, 0.6) is 5.75 Å². The first kappa shape index (κ1) is 15.5. The van der Waals surface area contributed by atoms with Crippen LogP contribution in [0.4, 0.5) is 4.39 Å². The summed E-state index contributed by atoms with van der Waals surface area (Å²) in [5.41, 5.74) is 3.56. The Balaban J connectivity index is 2.25. The van der Waals surface area contributed by atoms with E-state index in [0.717, 1.165) is 18.4 Å². The Hall–Kier alpha value is -1.87. The van der Waals surface area contributed by atoms with Crippen molar-refractivity contribution in [1.82, 2.24) is 5.32 Å². The van der Waals surface area contributed by atoms with Gasteiger partial charge in [-0.15, -0.1) is 0 Å². The van der Waals surface area contributed by atoms with Gasteiger partial charge in [0.2, 0.25) is 0 Å². The van der Waals surface area contributed by atoms with E-state index in [-0.39, 0.29) is 17.6 Å². The van der Waals surface area contributed by atoms with Crippen LogP contribution in [0.1, 0.15) is 29.7 Å². The van der Waals surface area contributed by atoms with Crippen LogP contribution in [0.25, 0.3) is 0 Å². The van der Waals surface area contributed by atoms with E-state index >= 15 is 0 Å². The number of nitrogens with one attached hydrogen (secondary N) is 1. The highest BCUT2D eigenvalue weighted by Gasteiger charge is 2.14. The molecule has 0 radical (unpaired) electrons. The zero-order valence-corrected chi connectivity index (χ0v) is 12.8. The molecule has 0 aliphatic rings. The monoisotopic (exact) mass is 287 g/mol. The van der Waals surface area contributed by atoms with E-state index < -0.39 is 0 Å². The van der Waals surface area contributed by atoms with Gasteiger partial charge in [0.25, 0.3) is 0 Å². The minimum Gasteiger partial charge on any atom is -0.494 e. The molecule has 0 heterocycles. The van der Waals surface area contributed by atoms with Gasteiger partial charge >= 0.3 is 0 Å². The molecule has 0 saturated carbocycles. The summed E-state index contributed by atoms with van der Waals surface area (Å²) in [6, 6.07) is 13.7. The maximum atomic E-state index is 13.8. The van der Waals surface area contributed by atoms with Gasteiger partial charge in [0.05, 0.1) is 7.11 Å². The molecule has 3 heteroatoms. The Morgan fingerprint density at radius 2 is 1.95 bits per heavy atom. The first-order valence-electron chi connectivity index (χ1n) is 7.27. The molecular formula is C18H22FNO. The molecule has 0 aromatic heterocycles. The molecule has 0 saturated heterocycles. The van der Waals surface area contributed by atoms with Crippen molar-refractivity contribution < 1.29 is 9.13 Å². The fraction of sp³-hybridized carbons (Fsp3) is 0.333. The predicted octanol–water partition coefficient (Wildman–Crippen LogP) is 3.90. The summed E-state index contributed by atoms with van der Waals surface area (Å²) in [6.45, 7) is 2.15. The average molecular weight is 287 g/mol. The molecular weight excluding hydrogens is 265 g/mol. The number of methoxy groups -OCH3 is 1. The smallest absolute Gasteiger partial charge is 0.165 e. The van der Waals surface area contributed by atoms with Crippen molar-refractivity contribution in [2.75, 3.05) is 14.2 Å². The molecule has 0 fully saturated rings. The van der Waals surface area contributed by atoms with E-state index in [9.17, 15) is 4.39 Å². The molecule has 21 heavy (non-hydrogen) atoms.